The van der Waals surface area contributed by atoms with E-state index in [-0.39, 0.29) is 27.8 Å². The summed E-state index contributed by atoms with van der Waals surface area (Å²) >= 11 is 0. The molecule has 1 N–H and O–H groups in total. The normalized spacial score (nSPS) is 23.7. The summed E-state index contributed by atoms with van der Waals surface area (Å²) in [5.41, 5.74) is 4.81. The van der Waals surface area contributed by atoms with E-state index in [0.717, 1.165) is 12.1 Å². The molecule has 12 heteroatoms. The Hall–Kier alpha value is -4.05. The number of esters is 4. The Morgan fingerprint density at radius 2 is 1.42 bits per heavy atom. The molecule has 10 nitrogen and oxygen atoms in total. The fourth-order valence-corrected chi connectivity index (χ4v) is 12.2. The van der Waals surface area contributed by atoms with Gasteiger partial charge in [0.1, 0.15) is 26.6 Å². The van der Waals surface area contributed by atoms with E-state index in [0.29, 0.717) is 5.56 Å². The first kappa shape index (κ1) is 34.4. The summed E-state index contributed by atoms with van der Waals surface area (Å²) in [6, 6.07) is 12.4. The van der Waals surface area contributed by atoms with Crippen LogP contribution in [-0.4, -0.2) is 68.1 Å². The molecule has 0 saturated carbocycles. The van der Waals surface area contributed by atoms with Gasteiger partial charge in [-0.05, 0) is 34.3 Å². The summed E-state index contributed by atoms with van der Waals surface area (Å²) in [4.78, 5) is 49.9. The molecule has 2 aromatic rings. The largest absolute Gasteiger partial charge is 0.463 e. The lowest BCUT2D eigenvalue weighted by molar-refractivity contribution is -0.360. The Kier molecular flexibility index (Phi) is 11.5. The molecule has 1 heterocycles. The van der Waals surface area contributed by atoms with Crippen LogP contribution in [0.2, 0.25) is 16.6 Å². The SMILES string of the molecule is [2H]CC(=O)OC[C@H]1OC(O)(c2ccc(F)c(C(C#C[Si](C(C)C)(C(C)C)C(C)C)c3ccccc3)c2)[C@H](OC(=O)C[2H])[C@@H](OC(=O)C[2H])[C@@H]1OC(=O)C[2H]. The van der Waals surface area contributed by atoms with Gasteiger partial charge in [-0.1, -0.05) is 83.9 Å². The minimum Gasteiger partial charge on any atom is -0.463 e. The average Bonchev–Trinajstić information content (AvgIpc) is 3.14. The molecule has 0 bridgehead atoms. The van der Waals surface area contributed by atoms with Crippen LogP contribution in [0.25, 0.3) is 0 Å². The Balaban J connectivity index is 2.38. The van der Waals surface area contributed by atoms with Crippen molar-refractivity contribution in [3.63, 3.8) is 0 Å². The average molecular weight is 717 g/mol. The number of rotatable bonds is 11. The van der Waals surface area contributed by atoms with E-state index in [1.165, 1.54) is 6.07 Å². The van der Waals surface area contributed by atoms with Crippen LogP contribution < -0.4 is 0 Å². The van der Waals surface area contributed by atoms with Crippen molar-refractivity contribution in [1.29, 1.82) is 0 Å². The second-order valence-electron chi connectivity index (χ2n) is 13.1. The molecule has 0 aliphatic carbocycles. The third-order valence-corrected chi connectivity index (χ3v) is 15.4. The van der Waals surface area contributed by atoms with Gasteiger partial charge in [-0.15, -0.1) is 5.54 Å². The predicted molar refractivity (Wildman–Crippen MR) is 186 cm³/mol. The zero-order valence-electron chi connectivity index (χ0n) is 33.3. The van der Waals surface area contributed by atoms with Gasteiger partial charge in [0.25, 0.3) is 0 Å². The number of aliphatic hydroxyl groups is 1. The second-order valence-corrected chi connectivity index (χ2v) is 18.7. The summed E-state index contributed by atoms with van der Waals surface area (Å²) in [5, 5.41) is 12.5. The molecule has 272 valence electrons. The van der Waals surface area contributed by atoms with Crippen molar-refractivity contribution < 1.29 is 57.8 Å². The maximum Gasteiger partial charge on any atom is 0.303 e. The van der Waals surface area contributed by atoms with Crippen LogP contribution in [0.4, 0.5) is 4.39 Å². The Bertz CT molecular complexity index is 1660. The van der Waals surface area contributed by atoms with Crippen LogP contribution in [0.15, 0.2) is 48.5 Å². The molecule has 1 fully saturated rings. The van der Waals surface area contributed by atoms with E-state index >= 15 is 4.39 Å². The fraction of sp³-hybridized carbons (Fsp3) is 0.526. The summed E-state index contributed by atoms with van der Waals surface area (Å²) in [5.74, 6) is -5.70. The highest BCUT2D eigenvalue weighted by Crippen LogP contribution is 2.44. The fourth-order valence-electron chi connectivity index (χ4n) is 6.98. The van der Waals surface area contributed by atoms with Crippen molar-refractivity contribution in [3.8, 4) is 11.5 Å². The summed E-state index contributed by atoms with van der Waals surface area (Å²) < 4.78 is 73.5. The topological polar surface area (TPSA) is 135 Å². The van der Waals surface area contributed by atoms with Gasteiger partial charge in [-0.3, -0.25) is 19.2 Å². The molecule has 0 spiro atoms. The summed E-state index contributed by atoms with van der Waals surface area (Å²) in [6.45, 7) is 8.40. The summed E-state index contributed by atoms with van der Waals surface area (Å²) in [6.07, 6.45) is -7.56. The molecule has 1 saturated heterocycles. The standard InChI is InChI=1S/C38H49FO10Si/c1-22(2)50(23(3)4,24(5)6)19-18-31(29-14-12-11-13-15-29)32-20-30(16-17-33(32)39)38(44)37(48-28(10)43)36(47-27(9)42)35(46-26(8)41)34(49-38)21-45-25(7)40/h11-17,20,22-24,31,34-37,44H,21H2,1-10H3/t31?,34-,35-,36+,37-,38?/m1/s1/i7D,8D,9D,10D. The van der Waals surface area contributed by atoms with Gasteiger partial charge in [-0.25, -0.2) is 4.39 Å². The number of carbonyl (C=O) groups excluding carboxylic acids is 4. The lowest BCUT2D eigenvalue weighted by Gasteiger charge is -2.48. The highest BCUT2D eigenvalue weighted by molar-refractivity contribution is 6.90. The molecule has 2 unspecified atom stereocenters. The van der Waals surface area contributed by atoms with Crippen LogP contribution in [0.1, 0.15) is 97.2 Å². The van der Waals surface area contributed by atoms with Gasteiger partial charge in [0.2, 0.25) is 11.9 Å². The van der Waals surface area contributed by atoms with Crippen LogP contribution >= 0.6 is 0 Å². The minimum atomic E-state index is -2.87. The highest BCUT2D eigenvalue weighted by atomic mass is 28.3. The summed E-state index contributed by atoms with van der Waals surface area (Å²) in [7, 11) is -2.36. The lowest BCUT2D eigenvalue weighted by Crippen LogP contribution is -2.66. The van der Waals surface area contributed by atoms with Gasteiger partial charge < -0.3 is 28.8 Å². The van der Waals surface area contributed by atoms with Gasteiger partial charge in [0, 0.05) is 44.2 Å². The first-order valence-electron chi connectivity index (χ1n) is 19.0. The molecular weight excluding hydrogens is 663 g/mol. The Morgan fingerprint density at radius 3 is 1.98 bits per heavy atom. The first-order valence-corrected chi connectivity index (χ1v) is 18.4. The molecule has 0 radical (unpaired) electrons. The third-order valence-electron chi connectivity index (χ3n) is 9.06. The molecule has 0 aromatic heterocycles. The van der Waals surface area contributed by atoms with Crippen molar-refractivity contribution in [2.45, 2.75) is 122 Å². The van der Waals surface area contributed by atoms with Crippen LogP contribution in [0.3, 0.4) is 0 Å². The van der Waals surface area contributed by atoms with Crippen molar-refractivity contribution in [1.82, 2.24) is 0 Å². The van der Waals surface area contributed by atoms with Crippen molar-refractivity contribution >= 4 is 32.0 Å². The quantitative estimate of drug-likeness (QED) is 0.126. The smallest absolute Gasteiger partial charge is 0.303 e. The number of benzene rings is 2. The maximum absolute atomic E-state index is 16.2. The van der Waals surface area contributed by atoms with Crippen molar-refractivity contribution in [3.05, 3.63) is 71.0 Å². The molecular formula is C38H49FO10Si. The van der Waals surface area contributed by atoms with Gasteiger partial charge in [-0.2, -0.15) is 0 Å². The maximum atomic E-state index is 16.2. The zero-order chi connectivity index (χ0) is 40.4. The van der Waals surface area contributed by atoms with Crippen LogP contribution in [-0.2, 0) is 48.6 Å². The number of halogens is 1. The molecule has 1 aliphatic heterocycles. The number of ether oxygens (including phenoxy) is 5. The van der Waals surface area contributed by atoms with Gasteiger partial charge in [0.05, 0.1) is 5.92 Å². The van der Waals surface area contributed by atoms with E-state index in [9.17, 15) is 24.3 Å². The van der Waals surface area contributed by atoms with Crippen LogP contribution in [0.5, 0.6) is 0 Å². The number of hydrogen-bond donors (Lipinski definition) is 1. The lowest BCUT2D eigenvalue weighted by atomic mass is 9.84. The second kappa shape index (κ2) is 16.8. The van der Waals surface area contributed by atoms with E-state index in [2.05, 4.69) is 53.0 Å². The molecule has 1 aliphatic rings. The predicted octanol–water partition coefficient (Wildman–Crippen LogP) is 6.08. The number of carbonyl (C=O) groups is 4. The van der Waals surface area contributed by atoms with Gasteiger partial charge in [0.15, 0.2) is 12.2 Å². The number of hydrogen-bond acceptors (Lipinski definition) is 10. The van der Waals surface area contributed by atoms with E-state index < -0.39 is 108 Å². The van der Waals surface area contributed by atoms with Crippen molar-refractivity contribution in [2.24, 2.45) is 0 Å². The molecule has 6 atom stereocenters. The first-order chi connectivity index (χ1) is 25.5. The highest BCUT2D eigenvalue weighted by Gasteiger charge is 2.60. The van der Waals surface area contributed by atoms with E-state index in [4.69, 9.17) is 29.2 Å². The van der Waals surface area contributed by atoms with Gasteiger partial charge >= 0.3 is 23.9 Å². The molecule has 2 aromatic carbocycles. The van der Waals surface area contributed by atoms with E-state index in [1.54, 1.807) is 30.3 Å². The molecule has 50 heavy (non-hydrogen) atoms. The Labute approximate surface area is 300 Å². The van der Waals surface area contributed by atoms with E-state index in [1.807, 2.05) is 0 Å². The van der Waals surface area contributed by atoms with Crippen LogP contribution in [0, 0.1) is 17.3 Å². The molecule has 3 rings (SSSR count). The Morgan fingerprint density at radius 1 is 0.860 bits per heavy atom. The monoisotopic (exact) mass is 716 g/mol. The third kappa shape index (κ3) is 8.99. The molecule has 0 amide bonds. The zero-order valence-corrected chi connectivity index (χ0v) is 30.3. The minimum absolute atomic E-state index is 0.00704. The van der Waals surface area contributed by atoms with Crippen molar-refractivity contribution in [2.75, 3.05) is 6.61 Å².